The van der Waals surface area contributed by atoms with Gasteiger partial charge in [0.05, 0.1) is 0 Å². The van der Waals surface area contributed by atoms with Gasteiger partial charge in [-0.3, -0.25) is 4.99 Å². The van der Waals surface area contributed by atoms with Gasteiger partial charge in [-0.25, -0.2) is 0 Å². The lowest BCUT2D eigenvalue weighted by molar-refractivity contribution is 0.281. The molecule has 0 spiro atoms. The lowest BCUT2D eigenvalue weighted by Crippen LogP contribution is -2.42. The van der Waals surface area contributed by atoms with Crippen molar-refractivity contribution in [2.24, 2.45) is 4.99 Å². The van der Waals surface area contributed by atoms with Crippen molar-refractivity contribution in [1.82, 2.24) is 20.4 Å². The van der Waals surface area contributed by atoms with Gasteiger partial charge in [-0.1, -0.05) is 26.7 Å². The smallest absolute Gasteiger partial charge is 0.191 e. The zero-order valence-electron chi connectivity index (χ0n) is 15.7. The fourth-order valence-electron chi connectivity index (χ4n) is 3.17. The summed E-state index contributed by atoms with van der Waals surface area (Å²) >= 11 is 0. The van der Waals surface area contributed by atoms with E-state index < -0.39 is 0 Å². The van der Waals surface area contributed by atoms with Gasteiger partial charge in [-0.15, -0.1) is 0 Å². The Morgan fingerprint density at radius 1 is 1.00 bits per heavy atom. The van der Waals surface area contributed by atoms with Crippen LogP contribution in [0.1, 0.15) is 52.4 Å². The number of nitrogens with zero attached hydrogens (tertiary/aromatic N) is 3. The first-order valence-corrected chi connectivity index (χ1v) is 9.69. The average molecular weight is 326 g/mol. The SMILES string of the molecule is CCCN(CC)CCNC(=NC)NCCCN1CCCCCC1. The van der Waals surface area contributed by atoms with E-state index in [0.29, 0.717) is 0 Å². The van der Waals surface area contributed by atoms with E-state index in [4.69, 9.17) is 0 Å². The van der Waals surface area contributed by atoms with Crippen LogP contribution in [0.15, 0.2) is 4.99 Å². The summed E-state index contributed by atoms with van der Waals surface area (Å²) in [7, 11) is 1.85. The Morgan fingerprint density at radius 3 is 2.30 bits per heavy atom. The number of rotatable bonds is 10. The molecule has 5 heteroatoms. The lowest BCUT2D eigenvalue weighted by atomic mass is 10.2. The number of hydrogen-bond acceptors (Lipinski definition) is 3. The van der Waals surface area contributed by atoms with Crippen LogP contribution in [0.3, 0.4) is 0 Å². The van der Waals surface area contributed by atoms with Gasteiger partial charge in [0.15, 0.2) is 5.96 Å². The van der Waals surface area contributed by atoms with Crippen molar-refractivity contribution in [3.63, 3.8) is 0 Å². The average Bonchev–Trinajstić information content (AvgIpc) is 2.84. The maximum atomic E-state index is 4.32. The molecule has 1 aliphatic heterocycles. The van der Waals surface area contributed by atoms with Gasteiger partial charge in [0, 0.05) is 26.7 Å². The molecule has 5 nitrogen and oxygen atoms in total. The molecule has 0 unspecified atom stereocenters. The van der Waals surface area contributed by atoms with Crippen molar-refractivity contribution in [3.05, 3.63) is 0 Å². The van der Waals surface area contributed by atoms with Crippen molar-refractivity contribution < 1.29 is 0 Å². The van der Waals surface area contributed by atoms with E-state index >= 15 is 0 Å². The molecule has 0 aliphatic carbocycles. The van der Waals surface area contributed by atoms with E-state index in [1.807, 2.05) is 7.05 Å². The predicted molar refractivity (Wildman–Crippen MR) is 101 cm³/mol. The van der Waals surface area contributed by atoms with Crippen LogP contribution in [0.5, 0.6) is 0 Å². The molecule has 0 aromatic heterocycles. The van der Waals surface area contributed by atoms with Gasteiger partial charge < -0.3 is 20.4 Å². The quantitative estimate of drug-likeness (QED) is 0.367. The monoisotopic (exact) mass is 325 g/mol. The molecule has 0 atom stereocenters. The summed E-state index contributed by atoms with van der Waals surface area (Å²) in [4.78, 5) is 9.41. The van der Waals surface area contributed by atoms with E-state index in [1.54, 1.807) is 0 Å². The number of nitrogens with one attached hydrogen (secondary N) is 2. The highest BCUT2D eigenvalue weighted by atomic mass is 15.2. The predicted octanol–water partition coefficient (Wildman–Crippen LogP) is 2.15. The maximum Gasteiger partial charge on any atom is 0.191 e. The van der Waals surface area contributed by atoms with Crippen molar-refractivity contribution in [2.45, 2.75) is 52.4 Å². The van der Waals surface area contributed by atoms with Crippen LogP contribution in [-0.2, 0) is 0 Å². The van der Waals surface area contributed by atoms with E-state index in [-0.39, 0.29) is 0 Å². The molecule has 0 amide bonds. The molecule has 0 radical (unpaired) electrons. The standard InChI is InChI=1S/C18H39N5/c1-4-13-22(5-2)17-12-21-18(19-3)20-11-10-16-23-14-8-6-7-9-15-23/h4-17H2,1-3H3,(H2,19,20,21). The molecular weight excluding hydrogens is 286 g/mol. The summed E-state index contributed by atoms with van der Waals surface area (Å²) in [6.45, 7) is 13.6. The number of aliphatic imine (C=N–C) groups is 1. The summed E-state index contributed by atoms with van der Waals surface area (Å²) in [5.41, 5.74) is 0. The highest BCUT2D eigenvalue weighted by molar-refractivity contribution is 5.79. The first-order valence-electron chi connectivity index (χ1n) is 9.69. The maximum absolute atomic E-state index is 4.32. The highest BCUT2D eigenvalue weighted by Gasteiger charge is 2.08. The van der Waals surface area contributed by atoms with Crippen LogP contribution in [0.4, 0.5) is 0 Å². The summed E-state index contributed by atoms with van der Waals surface area (Å²) in [6.07, 6.45) is 8.00. The van der Waals surface area contributed by atoms with E-state index in [2.05, 4.69) is 39.3 Å². The molecule has 1 fully saturated rings. The van der Waals surface area contributed by atoms with Crippen molar-refractivity contribution >= 4 is 5.96 Å². The van der Waals surface area contributed by atoms with Crippen LogP contribution in [0.2, 0.25) is 0 Å². The van der Waals surface area contributed by atoms with E-state index in [1.165, 1.54) is 64.7 Å². The van der Waals surface area contributed by atoms with Crippen molar-refractivity contribution in [3.8, 4) is 0 Å². The number of likely N-dealkylation sites (N-methyl/N-ethyl adjacent to an activating group) is 1. The molecule has 0 bridgehead atoms. The zero-order chi connectivity index (χ0) is 16.8. The Kier molecular flexibility index (Phi) is 12.0. The van der Waals surface area contributed by atoms with Crippen LogP contribution in [-0.4, -0.2) is 75.2 Å². The zero-order valence-corrected chi connectivity index (χ0v) is 15.7. The minimum Gasteiger partial charge on any atom is -0.356 e. The second-order valence-electron chi connectivity index (χ2n) is 6.47. The summed E-state index contributed by atoms with van der Waals surface area (Å²) in [5.74, 6) is 0.938. The third-order valence-corrected chi connectivity index (χ3v) is 4.57. The number of guanidine groups is 1. The minimum atomic E-state index is 0.938. The topological polar surface area (TPSA) is 42.9 Å². The molecule has 136 valence electrons. The Labute approximate surface area is 143 Å². The Hall–Kier alpha value is -0.810. The molecule has 1 saturated heterocycles. The fourth-order valence-corrected chi connectivity index (χ4v) is 3.17. The Morgan fingerprint density at radius 2 is 1.70 bits per heavy atom. The first-order chi connectivity index (χ1) is 11.3. The normalized spacial score (nSPS) is 17.3. The first kappa shape index (κ1) is 20.2. The van der Waals surface area contributed by atoms with Gasteiger partial charge in [0.1, 0.15) is 0 Å². The van der Waals surface area contributed by atoms with Gasteiger partial charge in [-0.2, -0.15) is 0 Å². The van der Waals surface area contributed by atoms with Crippen molar-refractivity contribution in [1.29, 1.82) is 0 Å². The van der Waals surface area contributed by atoms with Crippen LogP contribution >= 0.6 is 0 Å². The van der Waals surface area contributed by atoms with Gasteiger partial charge in [0.25, 0.3) is 0 Å². The third-order valence-electron chi connectivity index (χ3n) is 4.57. The third kappa shape index (κ3) is 9.82. The summed E-state index contributed by atoms with van der Waals surface area (Å²) < 4.78 is 0. The molecule has 0 aromatic rings. The number of likely N-dealkylation sites (tertiary alicyclic amines) is 1. The number of hydrogen-bond donors (Lipinski definition) is 2. The Balaban J connectivity index is 2.09. The molecule has 1 aliphatic rings. The van der Waals surface area contributed by atoms with Gasteiger partial charge in [0.2, 0.25) is 0 Å². The molecule has 0 saturated carbocycles. The molecule has 23 heavy (non-hydrogen) atoms. The summed E-state index contributed by atoms with van der Waals surface area (Å²) in [5, 5.41) is 6.87. The van der Waals surface area contributed by atoms with Gasteiger partial charge in [-0.05, 0) is 58.4 Å². The minimum absolute atomic E-state index is 0.938. The van der Waals surface area contributed by atoms with Crippen molar-refractivity contribution in [2.75, 3.05) is 59.4 Å². The molecule has 0 aromatic carbocycles. The molecular formula is C18H39N5. The lowest BCUT2D eigenvalue weighted by Gasteiger charge is -2.21. The van der Waals surface area contributed by atoms with Crippen LogP contribution in [0.25, 0.3) is 0 Å². The van der Waals surface area contributed by atoms with Gasteiger partial charge >= 0.3 is 0 Å². The second-order valence-corrected chi connectivity index (χ2v) is 6.47. The largest absolute Gasteiger partial charge is 0.356 e. The van der Waals surface area contributed by atoms with E-state index in [9.17, 15) is 0 Å². The molecule has 2 N–H and O–H groups in total. The molecule has 1 heterocycles. The second kappa shape index (κ2) is 13.6. The Bertz CT molecular complexity index is 298. The van der Waals surface area contributed by atoms with Crippen LogP contribution in [0, 0.1) is 0 Å². The summed E-state index contributed by atoms with van der Waals surface area (Å²) in [6, 6.07) is 0. The fraction of sp³-hybridized carbons (Fsp3) is 0.944. The highest BCUT2D eigenvalue weighted by Crippen LogP contribution is 2.09. The van der Waals surface area contributed by atoms with E-state index in [0.717, 1.165) is 32.1 Å². The molecule has 1 rings (SSSR count). The van der Waals surface area contributed by atoms with Crippen LogP contribution < -0.4 is 10.6 Å².